The maximum absolute atomic E-state index is 12.2. The Morgan fingerprint density at radius 2 is 2.14 bits per heavy atom. The Kier molecular flexibility index (Phi) is 5.32. The van der Waals surface area contributed by atoms with Crippen LogP contribution < -0.4 is 10.2 Å². The van der Waals surface area contributed by atoms with E-state index in [1.54, 1.807) is 11.9 Å². The molecule has 0 fully saturated rings. The molecule has 0 saturated carbocycles. The van der Waals surface area contributed by atoms with Crippen LogP contribution >= 0.6 is 11.5 Å². The highest BCUT2D eigenvalue weighted by Gasteiger charge is 2.15. The van der Waals surface area contributed by atoms with Crippen molar-refractivity contribution in [1.29, 1.82) is 0 Å². The van der Waals surface area contributed by atoms with Gasteiger partial charge in [0.1, 0.15) is 0 Å². The lowest BCUT2D eigenvalue weighted by molar-refractivity contribution is 0.203. The summed E-state index contributed by atoms with van der Waals surface area (Å²) in [6.07, 6.45) is 0. The van der Waals surface area contributed by atoms with Gasteiger partial charge in [-0.15, -0.1) is 5.10 Å². The van der Waals surface area contributed by atoms with Gasteiger partial charge in [0.2, 0.25) is 0 Å². The van der Waals surface area contributed by atoms with E-state index in [4.69, 9.17) is 0 Å². The van der Waals surface area contributed by atoms with Gasteiger partial charge >= 0.3 is 6.03 Å². The molecule has 0 aliphatic carbocycles. The number of nitrogens with zero attached hydrogens (tertiary/aromatic N) is 4. The number of carbonyl (C=O) groups is 1. The number of hydrogen-bond acceptors (Lipinski definition) is 5. The fourth-order valence-corrected chi connectivity index (χ4v) is 2.56. The number of nitrogens with one attached hydrogen (secondary N) is 1. The Morgan fingerprint density at radius 3 is 2.77 bits per heavy atom. The van der Waals surface area contributed by atoms with Crippen LogP contribution in [-0.4, -0.2) is 41.7 Å². The Balaban J connectivity index is 1.95. The second kappa shape index (κ2) is 7.22. The second-order valence-corrected chi connectivity index (χ2v) is 6.03. The van der Waals surface area contributed by atoms with Crippen LogP contribution in [0.1, 0.15) is 24.2 Å². The molecule has 0 saturated heterocycles. The zero-order chi connectivity index (χ0) is 16.1. The normalized spacial score (nSPS) is 11.8. The van der Waals surface area contributed by atoms with Crippen molar-refractivity contribution >= 4 is 23.3 Å². The lowest BCUT2D eigenvalue weighted by Gasteiger charge is -2.21. The molecule has 0 spiro atoms. The van der Waals surface area contributed by atoms with E-state index in [-0.39, 0.29) is 12.1 Å². The van der Waals surface area contributed by atoms with Crippen LogP contribution in [0.3, 0.4) is 0 Å². The molecule has 0 radical (unpaired) electrons. The summed E-state index contributed by atoms with van der Waals surface area (Å²) in [5.41, 5.74) is 2.99. The largest absolute Gasteiger partial charge is 0.378 e. The molecule has 0 aliphatic rings. The van der Waals surface area contributed by atoms with Gasteiger partial charge in [0, 0.05) is 38.8 Å². The molecule has 0 bridgehead atoms. The minimum absolute atomic E-state index is 0.129. The highest BCUT2D eigenvalue weighted by atomic mass is 32.1. The smallest absolute Gasteiger partial charge is 0.317 e. The molecule has 1 N–H and O–H groups in total. The first-order valence-corrected chi connectivity index (χ1v) is 7.86. The topological polar surface area (TPSA) is 61.4 Å². The molecule has 0 aliphatic heterocycles. The first kappa shape index (κ1) is 16.2. The Morgan fingerprint density at radius 1 is 1.36 bits per heavy atom. The summed E-state index contributed by atoms with van der Waals surface area (Å²) in [4.78, 5) is 15.9. The zero-order valence-corrected chi connectivity index (χ0v) is 14.1. The van der Waals surface area contributed by atoms with Gasteiger partial charge < -0.3 is 15.1 Å². The van der Waals surface area contributed by atoms with Crippen LogP contribution in [0.2, 0.25) is 0 Å². The third-order valence-corrected chi connectivity index (χ3v) is 3.88. The maximum Gasteiger partial charge on any atom is 0.317 e. The van der Waals surface area contributed by atoms with Crippen molar-refractivity contribution in [1.82, 2.24) is 19.8 Å². The van der Waals surface area contributed by atoms with Crippen LogP contribution in [0.25, 0.3) is 0 Å². The predicted molar refractivity (Wildman–Crippen MR) is 89.1 cm³/mol. The van der Waals surface area contributed by atoms with Gasteiger partial charge in [-0.05, 0) is 36.2 Å². The predicted octanol–water partition coefficient (Wildman–Crippen LogP) is 2.51. The monoisotopic (exact) mass is 319 g/mol. The molecular weight excluding hydrogens is 298 g/mol. The third-order valence-electron chi connectivity index (χ3n) is 3.35. The number of aromatic nitrogens is 2. The van der Waals surface area contributed by atoms with E-state index in [2.05, 4.69) is 21.0 Å². The van der Waals surface area contributed by atoms with Gasteiger partial charge in [-0.3, -0.25) is 0 Å². The number of urea groups is 1. The average molecular weight is 319 g/mol. The van der Waals surface area contributed by atoms with Crippen molar-refractivity contribution in [2.45, 2.75) is 19.5 Å². The lowest BCUT2D eigenvalue weighted by atomic mass is 10.2. The molecule has 118 valence electrons. The molecule has 1 aromatic carbocycles. The SMILES string of the molecule is CC(NC(=O)N(C)Cc1cccc(N(C)C)c1)c1csnn1. The molecule has 1 atom stereocenters. The molecule has 22 heavy (non-hydrogen) atoms. The van der Waals surface area contributed by atoms with E-state index < -0.39 is 0 Å². The highest BCUT2D eigenvalue weighted by Crippen LogP contribution is 2.15. The maximum atomic E-state index is 12.2. The molecule has 2 aromatic rings. The molecule has 2 amide bonds. The zero-order valence-electron chi connectivity index (χ0n) is 13.3. The molecule has 1 aromatic heterocycles. The van der Waals surface area contributed by atoms with Gasteiger partial charge in [-0.2, -0.15) is 0 Å². The van der Waals surface area contributed by atoms with E-state index in [1.165, 1.54) is 11.5 Å². The third kappa shape index (κ3) is 4.17. The van der Waals surface area contributed by atoms with Gasteiger partial charge in [0.15, 0.2) is 0 Å². The van der Waals surface area contributed by atoms with Crippen molar-refractivity contribution in [3.63, 3.8) is 0 Å². The number of hydrogen-bond donors (Lipinski definition) is 1. The minimum Gasteiger partial charge on any atom is -0.378 e. The van der Waals surface area contributed by atoms with Crippen molar-refractivity contribution < 1.29 is 4.79 Å². The van der Waals surface area contributed by atoms with E-state index in [1.807, 2.05) is 49.5 Å². The van der Waals surface area contributed by atoms with Crippen LogP contribution in [0.15, 0.2) is 29.6 Å². The lowest BCUT2D eigenvalue weighted by Crippen LogP contribution is -2.38. The molecule has 1 heterocycles. The van der Waals surface area contributed by atoms with Gasteiger partial charge in [0.25, 0.3) is 0 Å². The molecule has 2 rings (SSSR count). The van der Waals surface area contributed by atoms with Gasteiger partial charge in [0.05, 0.1) is 11.7 Å². The van der Waals surface area contributed by atoms with Crippen molar-refractivity contribution in [3.8, 4) is 0 Å². The number of benzene rings is 1. The summed E-state index contributed by atoms with van der Waals surface area (Å²) in [5.74, 6) is 0. The highest BCUT2D eigenvalue weighted by molar-refractivity contribution is 7.03. The van der Waals surface area contributed by atoms with Crippen LogP contribution in [0.4, 0.5) is 10.5 Å². The van der Waals surface area contributed by atoms with Crippen LogP contribution in [0, 0.1) is 0 Å². The quantitative estimate of drug-likeness (QED) is 0.920. The number of carbonyl (C=O) groups excluding carboxylic acids is 1. The van der Waals surface area contributed by atoms with E-state index >= 15 is 0 Å². The van der Waals surface area contributed by atoms with E-state index in [9.17, 15) is 4.79 Å². The minimum atomic E-state index is -0.151. The van der Waals surface area contributed by atoms with Gasteiger partial charge in [-0.1, -0.05) is 16.6 Å². The fraction of sp³-hybridized carbons (Fsp3) is 0.400. The molecular formula is C15H21N5OS. The molecule has 7 heteroatoms. The number of rotatable bonds is 5. The van der Waals surface area contributed by atoms with Gasteiger partial charge in [-0.25, -0.2) is 4.79 Å². The average Bonchev–Trinajstić information content (AvgIpc) is 3.01. The van der Waals surface area contributed by atoms with Crippen molar-refractivity contribution in [2.24, 2.45) is 0 Å². The van der Waals surface area contributed by atoms with Crippen molar-refractivity contribution in [3.05, 3.63) is 40.9 Å². The standard InChI is InChI=1S/C15H21N5OS/c1-11(14-10-22-18-17-14)16-15(21)20(4)9-12-6-5-7-13(8-12)19(2)3/h5-8,10-11H,9H2,1-4H3,(H,16,21). The first-order chi connectivity index (χ1) is 10.5. The molecule has 1 unspecified atom stereocenters. The van der Waals surface area contributed by atoms with E-state index in [0.717, 1.165) is 16.9 Å². The summed E-state index contributed by atoms with van der Waals surface area (Å²) >= 11 is 1.28. The Bertz CT molecular complexity index is 614. The fourth-order valence-electron chi connectivity index (χ4n) is 2.01. The Hall–Kier alpha value is -2.15. The first-order valence-electron chi connectivity index (χ1n) is 7.02. The summed E-state index contributed by atoms with van der Waals surface area (Å²) in [7, 11) is 5.78. The summed E-state index contributed by atoms with van der Waals surface area (Å²) in [6.45, 7) is 2.45. The van der Waals surface area contributed by atoms with Crippen LogP contribution in [0.5, 0.6) is 0 Å². The Labute approximate surface area is 134 Å². The summed E-state index contributed by atoms with van der Waals surface area (Å²) in [5, 5.41) is 8.73. The van der Waals surface area contributed by atoms with Crippen LogP contribution in [-0.2, 0) is 6.54 Å². The second-order valence-electron chi connectivity index (χ2n) is 5.42. The van der Waals surface area contributed by atoms with Crippen molar-refractivity contribution in [2.75, 3.05) is 26.0 Å². The number of anilines is 1. The van der Waals surface area contributed by atoms with E-state index in [0.29, 0.717) is 6.54 Å². The summed E-state index contributed by atoms with van der Waals surface area (Å²) in [6, 6.07) is 7.86. The molecule has 6 nitrogen and oxygen atoms in total. The number of amides is 2. The summed E-state index contributed by atoms with van der Waals surface area (Å²) < 4.78 is 3.81.